The predicted molar refractivity (Wildman–Crippen MR) is 114 cm³/mol. The second kappa shape index (κ2) is 10.2. The summed E-state index contributed by atoms with van der Waals surface area (Å²) in [4.78, 5) is 26.8. The molecule has 0 fully saturated rings. The van der Waals surface area contributed by atoms with Crippen LogP contribution in [-0.2, 0) is 9.53 Å². The van der Waals surface area contributed by atoms with Crippen LogP contribution in [0, 0.1) is 13.8 Å². The first kappa shape index (κ1) is 22.6. The number of carbonyl (C=O) groups excluding carboxylic acids is 2. The van der Waals surface area contributed by atoms with E-state index >= 15 is 0 Å². The van der Waals surface area contributed by atoms with E-state index in [1.807, 2.05) is 32.0 Å². The summed E-state index contributed by atoms with van der Waals surface area (Å²) in [6, 6.07) is 9.22. The second-order valence-corrected chi connectivity index (χ2v) is 7.33. The van der Waals surface area contributed by atoms with Gasteiger partial charge in [0.2, 0.25) is 5.91 Å². The zero-order chi connectivity index (χ0) is 21.6. The number of ether oxygens (including phenoxy) is 2. The minimum absolute atomic E-state index is 0.00866. The normalized spacial score (nSPS) is 12.1. The number of carbonyl (C=O) groups is 2. The minimum Gasteiger partial charge on any atom is -0.497 e. The largest absolute Gasteiger partial charge is 0.497 e. The third-order valence-electron chi connectivity index (χ3n) is 4.81. The monoisotopic (exact) mass is 401 g/mol. The number of amides is 1. The summed E-state index contributed by atoms with van der Waals surface area (Å²) in [6.07, 6.45) is 0. The first-order chi connectivity index (χ1) is 13.8. The average Bonchev–Trinajstić information content (AvgIpc) is 2.96. The zero-order valence-electron chi connectivity index (χ0n) is 18.1. The maximum Gasteiger partial charge on any atom is 0.238 e. The topological polar surface area (TPSA) is 72.8 Å². The third-order valence-corrected chi connectivity index (χ3v) is 4.81. The molecule has 0 aliphatic carbocycles. The number of Topliss-reactive ketones (excluding diaryl/α,β-unsaturated/α-hetero) is 1. The number of hydrogen-bond acceptors (Lipinski definition) is 5. The summed E-state index contributed by atoms with van der Waals surface area (Å²) < 4.78 is 12.5. The molecule has 1 aromatic heterocycles. The maximum atomic E-state index is 12.8. The molecule has 1 N–H and O–H groups in total. The third kappa shape index (κ3) is 5.92. The summed E-state index contributed by atoms with van der Waals surface area (Å²) in [6.45, 7) is 6.85. The van der Waals surface area contributed by atoms with Gasteiger partial charge < -0.3 is 19.4 Å². The highest BCUT2D eigenvalue weighted by Crippen LogP contribution is 2.21. The molecule has 2 aromatic rings. The van der Waals surface area contributed by atoms with E-state index in [-0.39, 0.29) is 30.8 Å². The molecule has 0 aliphatic rings. The molecule has 7 heteroatoms. The van der Waals surface area contributed by atoms with E-state index < -0.39 is 0 Å². The fraction of sp³-hybridized carbons (Fsp3) is 0.455. The molecule has 0 radical (unpaired) electrons. The number of anilines is 1. The number of benzene rings is 1. The molecule has 1 heterocycles. The Bertz CT molecular complexity index is 860. The minimum atomic E-state index is -0.187. The predicted octanol–water partition coefficient (Wildman–Crippen LogP) is 3.07. The van der Waals surface area contributed by atoms with Gasteiger partial charge in [-0.05, 0) is 46.0 Å². The van der Waals surface area contributed by atoms with Crippen LogP contribution < -0.4 is 10.1 Å². The van der Waals surface area contributed by atoms with Crippen molar-refractivity contribution < 1.29 is 19.1 Å². The van der Waals surface area contributed by atoms with E-state index in [1.165, 1.54) is 0 Å². The van der Waals surface area contributed by atoms with Gasteiger partial charge in [-0.3, -0.25) is 14.5 Å². The Labute approximate surface area is 172 Å². The first-order valence-corrected chi connectivity index (χ1v) is 9.59. The molecule has 0 spiro atoms. The molecular formula is C22H31N3O4. The number of rotatable bonds is 10. The highest BCUT2D eigenvalue weighted by atomic mass is 16.5. The van der Waals surface area contributed by atoms with Crippen molar-refractivity contribution in [3.63, 3.8) is 0 Å². The van der Waals surface area contributed by atoms with Crippen molar-refractivity contribution in [3.05, 3.63) is 47.3 Å². The van der Waals surface area contributed by atoms with Crippen LogP contribution >= 0.6 is 0 Å². The number of methoxy groups -OCH3 is 2. The Morgan fingerprint density at radius 2 is 1.90 bits per heavy atom. The van der Waals surface area contributed by atoms with Gasteiger partial charge in [-0.1, -0.05) is 6.07 Å². The van der Waals surface area contributed by atoms with Crippen molar-refractivity contribution in [2.24, 2.45) is 0 Å². The van der Waals surface area contributed by atoms with Crippen LogP contribution in [0.3, 0.4) is 0 Å². The lowest BCUT2D eigenvalue weighted by Gasteiger charge is -2.18. The van der Waals surface area contributed by atoms with E-state index in [4.69, 9.17) is 9.47 Å². The van der Waals surface area contributed by atoms with E-state index in [1.54, 1.807) is 38.3 Å². The molecular weight excluding hydrogens is 370 g/mol. The number of likely N-dealkylation sites (N-methyl/N-ethyl adjacent to an activating group) is 1. The van der Waals surface area contributed by atoms with Crippen LogP contribution in [0.1, 0.15) is 34.7 Å². The fourth-order valence-corrected chi connectivity index (χ4v) is 3.59. The van der Waals surface area contributed by atoms with E-state index in [9.17, 15) is 9.59 Å². The van der Waals surface area contributed by atoms with Crippen LogP contribution in [0.5, 0.6) is 5.75 Å². The van der Waals surface area contributed by atoms with Gasteiger partial charge in [-0.15, -0.1) is 0 Å². The van der Waals surface area contributed by atoms with Crippen molar-refractivity contribution in [2.75, 3.05) is 46.3 Å². The quantitative estimate of drug-likeness (QED) is 0.620. The molecule has 0 unspecified atom stereocenters. The van der Waals surface area contributed by atoms with Gasteiger partial charge >= 0.3 is 0 Å². The first-order valence-electron chi connectivity index (χ1n) is 9.59. The van der Waals surface area contributed by atoms with Gasteiger partial charge in [0, 0.05) is 35.8 Å². The highest BCUT2D eigenvalue weighted by Gasteiger charge is 2.20. The lowest BCUT2D eigenvalue weighted by molar-refractivity contribution is -0.116. The van der Waals surface area contributed by atoms with Crippen molar-refractivity contribution >= 4 is 17.4 Å². The number of ketones is 1. The number of aromatic nitrogens is 1. The summed E-state index contributed by atoms with van der Waals surface area (Å²) in [5.74, 6) is 0.475. The summed E-state index contributed by atoms with van der Waals surface area (Å²) in [5.41, 5.74) is 3.29. The van der Waals surface area contributed by atoms with Gasteiger partial charge in [0.25, 0.3) is 0 Å². The van der Waals surface area contributed by atoms with Gasteiger partial charge in [0.15, 0.2) is 5.78 Å². The van der Waals surface area contributed by atoms with Gasteiger partial charge in [-0.25, -0.2) is 0 Å². The summed E-state index contributed by atoms with van der Waals surface area (Å²) in [5, 5.41) is 2.82. The number of hydrogen-bond donors (Lipinski definition) is 1. The standard InChI is InChI=1S/C22H31N3O4/c1-15-10-20(17(3)25(15)16(2)14-28-5)21(26)12-24(4)13-22(27)23-18-8-7-9-19(11-18)29-6/h7-11,16H,12-14H2,1-6H3,(H,23,27)/t16-/m1/s1. The number of aryl methyl sites for hydroxylation is 1. The van der Waals surface area contributed by atoms with Crippen LogP contribution in [0.15, 0.2) is 30.3 Å². The van der Waals surface area contributed by atoms with Crippen molar-refractivity contribution in [2.45, 2.75) is 26.8 Å². The Balaban J connectivity index is 1.98. The molecule has 0 bridgehead atoms. The second-order valence-electron chi connectivity index (χ2n) is 7.33. The molecule has 0 aliphatic heterocycles. The van der Waals surface area contributed by atoms with Crippen molar-refractivity contribution in [1.29, 1.82) is 0 Å². The Hall–Kier alpha value is -2.64. The molecule has 29 heavy (non-hydrogen) atoms. The lowest BCUT2D eigenvalue weighted by atomic mass is 10.1. The van der Waals surface area contributed by atoms with Crippen LogP contribution in [0.2, 0.25) is 0 Å². The van der Waals surface area contributed by atoms with Gasteiger partial charge in [-0.2, -0.15) is 0 Å². The highest BCUT2D eigenvalue weighted by molar-refractivity contribution is 5.99. The van der Waals surface area contributed by atoms with E-state index in [0.717, 1.165) is 11.4 Å². The number of nitrogens with one attached hydrogen (secondary N) is 1. The molecule has 1 aromatic carbocycles. The molecule has 7 nitrogen and oxygen atoms in total. The van der Waals surface area contributed by atoms with E-state index in [2.05, 4.69) is 16.8 Å². The van der Waals surface area contributed by atoms with Gasteiger partial charge in [0.1, 0.15) is 5.75 Å². The maximum absolute atomic E-state index is 12.8. The lowest BCUT2D eigenvalue weighted by Crippen LogP contribution is -2.34. The SMILES string of the molecule is COC[C@@H](C)n1c(C)cc(C(=O)CN(C)CC(=O)Nc2cccc(OC)c2)c1C. The smallest absolute Gasteiger partial charge is 0.238 e. The Kier molecular flexibility index (Phi) is 7.99. The summed E-state index contributed by atoms with van der Waals surface area (Å²) >= 11 is 0. The van der Waals surface area contributed by atoms with Crippen molar-refractivity contribution in [3.8, 4) is 5.75 Å². The molecule has 1 amide bonds. The van der Waals surface area contributed by atoms with Crippen molar-refractivity contribution in [1.82, 2.24) is 9.47 Å². The zero-order valence-corrected chi connectivity index (χ0v) is 18.1. The molecule has 1 atom stereocenters. The van der Waals surface area contributed by atoms with Gasteiger partial charge in [0.05, 0.1) is 32.8 Å². The van der Waals surface area contributed by atoms with Crippen LogP contribution in [0.4, 0.5) is 5.69 Å². The molecule has 158 valence electrons. The molecule has 0 saturated heterocycles. The number of nitrogens with zero attached hydrogens (tertiary/aromatic N) is 2. The summed E-state index contributed by atoms with van der Waals surface area (Å²) in [7, 11) is 5.01. The Morgan fingerprint density at radius 1 is 1.17 bits per heavy atom. The van der Waals surface area contributed by atoms with E-state index in [0.29, 0.717) is 23.6 Å². The fourth-order valence-electron chi connectivity index (χ4n) is 3.59. The van der Waals surface area contributed by atoms with Crippen LogP contribution in [0.25, 0.3) is 0 Å². The average molecular weight is 402 g/mol. The molecule has 2 rings (SSSR count). The molecule has 0 saturated carbocycles. The Morgan fingerprint density at radius 3 is 2.55 bits per heavy atom. The van der Waals surface area contributed by atoms with Crippen LogP contribution in [-0.4, -0.2) is 62.1 Å².